The molecule has 0 aromatic heterocycles. The Morgan fingerprint density at radius 1 is 0.773 bits per heavy atom. The molecule has 0 aliphatic rings. The lowest BCUT2D eigenvalue weighted by atomic mass is 9.96. The van der Waals surface area contributed by atoms with E-state index >= 15 is 0 Å². The fraction of sp³-hybridized carbons (Fsp3) is 1.00. The van der Waals surface area contributed by atoms with Crippen LogP contribution in [0.25, 0.3) is 0 Å². The van der Waals surface area contributed by atoms with Crippen LogP contribution in [0, 0.1) is 0 Å². The van der Waals surface area contributed by atoms with E-state index in [-0.39, 0.29) is 5.88 Å². The average molecular weight is 359 g/mol. The van der Waals surface area contributed by atoms with E-state index in [0.717, 1.165) is 19.3 Å². The van der Waals surface area contributed by atoms with Gasteiger partial charge in [-0.2, -0.15) is 0 Å². The first-order valence-corrected chi connectivity index (χ1v) is 9.34. The quantitative estimate of drug-likeness (QED) is 0.350. The van der Waals surface area contributed by atoms with Gasteiger partial charge in [0.25, 0.3) is 5.97 Å². The van der Waals surface area contributed by atoms with E-state index in [0.29, 0.717) is 45.0 Å². The van der Waals surface area contributed by atoms with E-state index in [1.54, 1.807) is 0 Å². The van der Waals surface area contributed by atoms with Crippen LogP contribution in [0.3, 0.4) is 0 Å². The summed E-state index contributed by atoms with van der Waals surface area (Å²) in [5, 5.41) is 10.5. The van der Waals surface area contributed by atoms with Crippen molar-refractivity contribution < 1.29 is 19.3 Å². The van der Waals surface area contributed by atoms with Crippen molar-refractivity contribution >= 4 is 23.2 Å². The minimum Gasteiger partial charge on any atom is -0.389 e. The molecule has 0 bridgehead atoms. The normalized spacial score (nSPS) is 15.0. The Hall–Kier alpha value is 0.420. The molecule has 0 aromatic rings. The molecule has 0 rings (SSSR count). The summed E-state index contributed by atoms with van der Waals surface area (Å²) in [6.07, 6.45) is 3.88. The lowest BCUT2D eigenvalue weighted by Crippen LogP contribution is -2.43. The molecule has 6 heteroatoms. The first-order chi connectivity index (χ1) is 10.5. The van der Waals surface area contributed by atoms with Gasteiger partial charge in [-0.1, -0.05) is 20.8 Å². The standard InChI is InChI=1S/C16H32Cl2O4/c1-4-11-20-16(21-12-5-2,22-13-6-3)8-7-15(19,14-18)9-10-17/h19H,4-14H2,1-3H3. The second-order valence-corrected chi connectivity index (χ2v) is 6.17. The van der Waals surface area contributed by atoms with Gasteiger partial charge >= 0.3 is 0 Å². The molecule has 0 spiro atoms. The van der Waals surface area contributed by atoms with Gasteiger partial charge < -0.3 is 19.3 Å². The number of rotatable bonds is 15. The van der Waals surface area contributed by atoms with Crippen LogP contribution in [-0.4, -0.2) is 48.3 Å². The summed E-state index contributed by atoms with van der Waals surface area (Å²) in [5.41, 5.74) is -1.02. The number of ether oxygens (including phenoxy) is 3. The molecule has 0 heterocycles. The number of hydrogen-bond donors (Lipinski definition) is 1. The molecule has 0 saturated heterocycles. The zero-order valence-electron chi connectivity index (χ0n) is 14.2. The summed E-state index contributed by atoms with van der Waals surface area (Å²) < 4.78 is 17.6. The number of aliphatic hydroxyl groups is 1. The fourth-order valence-corrected chi connectivity index (χ4v) is 2.55. The summed E-state index contributed by atoms with van der Waals surface area (Å²) in [5.74, 6) is -0.614. The smallest absolute Gasteiger partial charge is 0.282 e. The van der Waals surface area contributed by atoms with Gasteiger partial charge in [0.2, 0.25) is 0 Å². The second kappa shape index (κ2) is 12.8. The molecule has 0 amide bonds. The maximum atomic E-state index is 10.5. The molecule has 0 fully saturated rings. The minimum absolute atomic E-state index is 0.130. The molecule has 0 aromatic carbocycles. The van der Waals surface area contributed by atoms with Crippen LogP contribution in [0.1, 0.15) is 59.3 Å². The van der Waals surface area contributed by atoms with Gasteiger partial charge in [0, 0.05) is 12.3 Å². The molecule has 0 aliphatic heterocycles. The van der Waals surface area contributed by atoms with E-state index in [9.17, 15) is 5.11 Å². The van der Waals surface area contributed by atoms with E-state index in [1.165, 1.54) is 0 Å². The Labute approximate surface area is 145 Å². The van der Waals surface area contributed by atoms with Crippen LogP contribution >= 0.6 is 23.2 Å². The van der Waals surface area contributed by atoms with Crippen molar-refractivity contribution in [2.24, 2.45) is 0 Å². The van der Waals surface area contributed by atoms with Gasteiger partial charge in [-0.15, -0.1) is 23.2 Å². The highest BCUT2D eigenvalue weighted by atomic mass is 35.5. The lowest BCUT2D eigenvalue weighted by molar-refractivity contribution is -0.385. The summed E-state index contributed by atoms with van der Waals surface area (Å²) in [7, 11) is 0. The summed E-state index contributed by atoms with van der Waals surface area (Å²) in [6.45, 7) is 7.74. The lowest BCUT2D eigenvalue weighted by Gasteiger charge is -2.36. The predicted octanol–water partition coefficient (Wildman–Crippen LogP) is 4.30. The van der Waals surface area contributed by atoms with Crippen LogP contribution < -0.4 is 0 Å². The summed E-state index contributed by atoms with van der Waals surface area (Å²) >= 11 is 11.7. The topological polar surface area (TPSA) is 47.9 Å². The fourth-order valence-electron chi connectivity index (χ4n) is 1.93. The van der Waals surface area contributed by atoms with Crippen molar-refractivity contribution in [1.29, 1.82) is 0 Å². The molecule has 1 unspecified atom stereocenters. The number of halogens is 2. The monoisotopic (exact) mass is 358 g/mol. The summed E-state index contributed by atoms with van der Waals surface area (Å²) in [6, 6.07) is 0. The third kappa shape index (κ3) is 8.90. The van der Waals surface area contributed by atoms with Crippen molar-refractivity contribution in [3.05, 3.63) is 0 Å². The molecule has 0 aliphatic carbocycles. The van der Waals surface area contributed by atoms with Crippen molar-refractivity contribution in [2.75, 3.05) is 31.6 Å². The zero-order valence-corrected chi connectivity index (χ0v) is 15.7. The van der Waals surface area contributed by atoms with Crippen LogP contribution in [0.4, 0.5) is 0 Å². The third-order valence-electron chi connectivity index (χ3n) is 3.28. The van der Waals surface area contributed by atoms with Crippen molar-refractivity contribution in [1.82, 2.24) is 0 Å². The van der Waals surface area contributed by atoms with Gasteiger partial charge in [0.05, 0.1) is 31.3 Å². The van der Waals surface area contributed by atoms with Gasteiger partial charge in [0.15, 0.2) is 0 Å². The molecule has 0 saturated carbocycles. The van der Waals surface area contributed by atoms with Crippen LogP contribution in [0.15, 0.2) is 0 Å². The van der Waals surface area contributed by atoms with Crippen LogP contribution in [0.2, 0.25) is 0 Å². The molecular weight excluding hydrogens is 327 g/mol. The van der Waals surface area contributed by atoms with E-state index in [2.05, 4.69) is 0 Å². The SMILES string of the molecule is CCCOC(CCC(O)(CCl)CCCl)(OCCC)OCCC. The highest BCUT2D eigenvalue weighted by Crippen LogP contribution is 2.29. The number of hydrogen-bond acceptors (Lipinski definition) is 4. The number of alkyl halides is 2. The summed E-state index contributed by atoms with van der Waals surface area (Å²) in [4.78, 5) is 0. The Morgan fingerprint density at radius 3 is 1.55 bits per heavy atom. The predicted molar refractivity (Wildman–Crippen MR) is 91.7 cm³/mol. The van der Waals surface area contributed by atoms with Crippen molar-refractivity contribution in [2.45, 2.75) is 70.9 Å². The van der Waals surface area contributed by atoms with Crippen LogP contribution in [0.5, 0.6) is 0 Å². The molecule has 1 N–H and O–H groups in total. The maximum absolute atomic E-state index is 10.5. The molecule has 4 nitrogen and oxygen atoms in total. The third-order valence-corrected chi connectivity index (χ3v) is 3.97. The molecule has 1 atom stereocenters. The Kier molecular flexibility index (Phi) is 13.0. The first kappa shape index (κ1) is 22.4. The van der Waals surface area contributed by atoms with Gasteiger partial charge in [-0.3, -0.25) is 0 Å². The largest absolute Gasteiger partial charge is 0.389 e. The zero-order chi connectivity index (χ0) is 16.9. The van der Waals surface area contributed by atoms with E-state index in [4.69, 9.17) is 37.4 Å². The van der Waals surface area contributed by atoms with Gasteiger partial charge in [0.1, 0.15) is 0 Å². The second-order valence-electron chi connectivity index (χ2n) is 5.53. The van der Waals surface area contributed by atoms with E-state index in [1.807, 2.05) is 20.8 Å². The molecule has 22 heavy (non-hydrogen) atoms. The Balaban J connectivity index is 4.90. The van der Waals surface area contributed by atoms with E-state index < -0.39 is 11.6 Å². The van der Waals surface area contributed by atoms with Gasteiger partial charge in [-0.05, 0) is 32.1 Å². The Bertz CT molecular complexity index is 245. The average Bonchev–Trinajstić information content (AvgIpc) is 2.54. The molecular formula is C16H32Cl2O4. The minimum atomic E-state index is -1.10. The highest BCUT2D eigenvalue weighted by molar-refractivity contribution is 6.19. The first-order valence-electron chi connectivity index (χ1n) is 8.27. The maximum Gasteiger partial charge on any atom is 0.282 e. The Morgan fingerprint density at radius 2 is 1.23 bits per heavy atom. The van der Waals surface area contributed by atoms with Crippen molar-refractivity contribution in [3.63, 3.8) is 0 Å². The van der Waals surface area contributed by atoms with Crippen LogP contribution in [-0.2, 0) is 14.2 Å². The van der Waals surface area contributed by atoms with Crippen molar-refractivity contribution in [3.8, 4) is 0 Å². The highest BCUT2D eigenvalue weighted by Gasteiger charge is 2.37. The molecule has 134 valence electrons. The molecule has 0 radical (unpaired) electrons. The van der Waals surface area contributed by atoms with Gasteiger partial charge in [-0.25, -0.2) is 0 Å².